The Morgan fingerprint density at radius 2 is 1.43 bits per heavy atom. The molecule has 6 N–H and O–H groups in total. The number of hydrogen-bond donors (Lipinski definition) is 6. The molecule has 0 spiro atoms. The first-order chi connectivity index (χ1) is 13.5. The molecule has 1 aromatic carbocycles. The molecule has 0 radical (unpaired) electrons. The fourth-order valence-corrected chi connectivity index (χ4v) is 3.60. The van der Waals surface area contributed by atoms with E-state index in [0.717, 1.165) is 39.6 Å². The first-order valence-electron chi connectivity index (χ1n) is 8.91. The fourth-order valence-electron chi connectivity index (χ4n) is 3.35. The highest BCUT2D eigenvalue weighted by atomic mass is 35.5. The minimum absolute atomic E-state index is 0.373. The number of nitrogens with zero attached hydrogens (tertiary/aromatic N) is 3. The molecular formula is C18H26ClN9. The van der Waals surface area contributed by atoms with Crippen molar-refractivity contribution in [1.82, 2.24) is 14.5 Å². The van der Waals surface area contributed by atoms with E-state index >= 15 is 0 Å². The summed E-state index contributed by atoms with van der Waals surface area (Å²) in [5, 5.41) is 20.4. The second kappa shape index (κ2) is 7.89. The van der Waals surface area contributed by atoms with Crippen molar-refractivity contribution in [2.24, 2.45) is 0 Å². The smallest absolute Gasteiger partial charge is 0.225 e. The predicted molar refractivity (Wildman–Crippen MR) is 121 cm³/mol. The number of rotatable bonds is 7. The highest BCUT2D eigenvalue weighted by molar-refractivity contribution is 6.36. The van der Waals surface area contributed by atoms with Crippen LogP contribution < -0.4 is 31.9 Å². The first kappa shape index (κ1) is 19.7. The van der Waals surface area contributed by atoms with E-state index in [-0.39, 0.29) is 0 Å². The number of benzene rings is 1. The number of nitrogens with one attached hydrogen (secondary N) is 6. The minimum atomic E-state index is 0.373. The third kappa shape index (κ3) is 2.97. The summed E-state index contributed by atoms with van der Waals surface area (Å²) >= 11 is 6.54. The fraction of sp³-hybridized carbons (Fsp3) is 0.333. The predicted octanol–water partition coefficient (Wildman–Crippen LogP) is 3.32. The highest BCUT2D eigenvalue weighted by Crippen LogP contribution is 2.44. The van der Waals surface area contributed by atoms with E-state index < -0.39 is 0 Å². The van der Waals surface area contributed by atoms with Gasteiger partial charge in [0.1, 0.15) is 11.0 Å². The second-order valence-corrected chi connectivity index (χ2v) is 6.37. The van der Waals surface area contributed by atoms with E-state index in [0.29, 0.717) is 16.7 Å². The Labute approximate surface area is 169 Å². The van der Waals surface area contributed by atoms with Gasteiger partial charge in [0.15, 0.2) is 5.65 Å². The normalized spacial score (nSPS) is 10.7. The van der Waals surface area contributed by atoms with Gasteiger partial charge in [-0.2, -0.15) is 4.98 Å². The number of anilines is 6. The van der Waals surface area contributed by atoms with E-state index in [1.54, 1.807) is 7.05 Å². The monoisotopic (exact) mass is 403 g/mol. The maximum Gasteiger partial charge on any atom is 0.225 e. The first-order valence-corrected chi connectivity index (χ1v) is 9.29. The van der Waals surface area contributed by atoms with Gasteiger partial charge in [0.05, 0.1) is 28.1 Å². The molecule has 10 heteroatoms. The van der Waals surface area contributed by atoms with Crippen LogP contribution in [-0.4, -0.2) is 56.8 Å². The van der Waals surface area contributed by atoms with Crippen molar-refractivity contribution in [1.29, 1.82) is 0 Å². The van der Waals surface area contributed by atoms with Gasteiger partial charge in [-0.3, -0.25) is 4.57 Å². The SMILES string of the molecule is CNc1cc(NC)c(-n2c(NC)c(NC)c3c(Cl)nc(NC)nc32)c(NC)c1. The lowest BCUT2D eigenvalue weighted by Crippen LogP contribution is -2.10. The molecule has 0 aliphatic carbocycles. The Bertz CT molecular complexity index is 987. The van der Waals surface area contributed by atoms with Gasteiger partial charge >= 0.3 is 0 Å². The third-order valence-electron chi connectivity index (χ3n) is 4.64. The Balaban J connectivity index is 2.52. The summed E-state index contributed by atoms with van der Waals surface area (Å²) < 4.78 is 2.03. The molecule has 9 nitrogen and oxygen atoms in total. The average molecular weight is 404 g/mol. The van der Waals surface area contributed by atoms with Crippen LogP contribution in [0.3, 0.4) is 0 Å². The van der Waals surface area contributed by atoms with Crippen LogP contribution in [0.5, 0.6) is 0 Å². The topological polar surface area (TPSA) is 103 Å². The molecule has 2 aromatic heterocycles. The Morgan fingerprint density at radius 3 is 1.89 bits per heavy atom. The van der Waals surface area contributed by atoms with Crippen molar-refractivity contribution < 1.29 is 0 Å². The molecule has 0 amide bonds. The van der Waals surface area contributed by atoms with Gasteiger partial charge in [-0.25, -0.2) is 4.98 Å². The molecule has 3 aromatic rings. The third-order valence-corrected chi connectivity index (χ3v) is 4.91. The van der Waals surface area contributed by atoms with E-state index in [1.165, 1.54) is 0 Å². The summed E-state index contributed by atoms with van der Waals surface area (Å²) in [4.78, 5) is 9.05. The Morgan fingerprint density at radius 1 is 0.786 bits per heavy atom. The van der Waals surface area contributed by atoms with Crippen LogP contribution >= 0.6 is 11.6 Å². The van der Waals surface area contributed by atoms with Crippen LogP contribution in [0.1, 0.15) is 0 Å². The molecule has 0 aliphatic rings. The maximum absolute atomic E-state index is 6.54. The van der Waals surface area contributed by atoms with E-state index in [4.69, 9.17) is 16.6 Å². The second-order valence-electron chi connectivity index (χ2n) is 6.02. The Hall–Kier alpha value is -3.07. The number of halogens is 1. The molecule has 0 atom stereocenters. The zero-order valence-corrected chi connectivity index (χ0v) is 17.6. The molecule has 0 aliphatic heterocycles. The van der Waals surface area contributed by atoms with Gasteiger partial charge in [0.2, 0.25) is 5.95 Å². The molecule has 0 fully saturated rings. The number of fused-ring (bicyclic) bond motifs is 1. The quantitative estimate of drug-likeness (QED) is 0.334. The standard InChI is InChI=1S/C18H26ClN9/c1-20-9-7-10(21-2)14(11(8-9)22-3)28-16-12(13(23-4)17(28)24-5)15(19)26-18(25-6)27-16/h7-8,20-24H,1-6H3,(H,25,26,27). The van der Waals surface area contributed by atoms with Gasteiger partial charge in [-0.15, -0.1) is 0 Å². The molecule has 0 saturated carbocycles. The van der Waals surface area contributed by atoms with E-state index in [9.17, 15) is 0 Å². The molecule has 3 rings (SSSR count). The lowest BCUT2D eigenvalue weighted by atomic mass is 10.2. The molecule has 28 heavy (non-hydrogen) atoms. The van der Waals surface area contributed by atoms with Crippen LogP contribution in [0.2, 0.25) is 5.15 Å². The van der Waals surface area contributed by atoms with Crippen molar-refractivity contribution in [2.75, 3.05) is 74.2 Å². The van der Waals surface area contributed by atoms with Crippen molar-refractivity contribution in [3.8, 4) is 5.69 Å². The molecule has 0 saturated heterocycles. The van der Waals surface area contributed by atoms with E-state index in [2.05, 4.69) is 36.9 Å². The average Bonchev–Trinajstić information content (AvgIpc) is 3.05. The molecule has 2 heterocycles. The molecule has 150 valence electrons. The van der Waals surface area contributed by atoms with Gasteiger partial charge in [0.25, 0.3) is 0 Å². The number of hydrogen-bond acceptors (Lipinski definition) is 8. The van der Waals surface area contributed by atoms with Crippen LogP contribution in [-0.2, 0) is 0 Å². The molecular weight excluding hydrogens is 378 g/mol. The van der Waals surface area contributed by atoms with Crippen LogP contribution in [0.25, 0.3) is 16.7 Å². The van der Waals surface area contributed by atoms with Crippen LogP contribution in [0.15, 0.2) is 12.1 Å². The van der Waals surface area contributed by atoms with Crippen molar-refractivity contribution in [3.05, 3.63) is 17.3 Å². The summed E-state index contributed by atoms with van der Waals surface area (Å²) in [7, 11) is 11.2. The molecule has 0 unspecified atom stereocenters. The lowest BCUT2D eigenvalue weighted by Gasteiger charge is -2.20. The summed E-state index contributed by atoms with van der Waals surface area (Å²) in [6.07, 6.45) is 0. The summed E-state index contributed by atoms with van der Waals surface area (Å²) in [5.41, 5.74) is 5.25. The van der Waals surface area contributed by atoms with Crippen LogP contribution in [0, 0.1) is 0 Å². The summed E-state index contributed by atoms with van der Waals surface area (Å²) in [6, 6.07) is 4.09. The van der Waals surface area contributed by atoms with Crippen LogP contribution in [0.4, 0.5) is 34.5 Å². The van der Waals surface area contributed by atoms with Gasteiger partial charge in [0, 0.05) is 48.0 Å². The van der Waals surface area contributed by atoms with Gasteiger partial charge in [-0.1, -0.05) is 11.6 Å². The lowest BCUT2D eigenvalue weighted by molar-refractivity contribution is 1.07. The molecule has 0 bridgehead atoms. The van der Waals surface area contributed by atoms with Crippen molar-refractivity contribution in [2.45, 2.75) is 0 Å². The van der Waals surface area contributed by atoms with Crippen molar-refractivity contribution >= 4 is 57.2 Å². The number of aromatic nitrogens is 3. The maximum atomic E-state index is 6.54. The Kier molecular flexibility index (Phi) is 5.55. The zero-order valence-electron chi connectivity index (χ0n) is 16.9. The van der Waals surface area contributed by atoms with Gasteiger partial charge < -0.3 is 31.9 Å². The minimum Gasteiger partial charge on any atom is -0.388 e. The summed E-state index contributed by atoms with van der Waals surface area (Å²) in [6.45, 7) is 0. The zero-order chi connectivity index (χ0) is 20.4. The van der Waals surface area contributed by atoms with E-state index in [1.807, 2.05) is 51.9 Å². The largest absolute Gasteiger partial charge is 0.388 e. The highest BCUT2D eigenvalue weighted by Gasteiger charge is 2.25. The van der Waals surface area contributed by atoms with Crippen molar-refractivity contribution in [3.63, 3.8) is 0 Å². The summed E-state index contributed by atoms with van der Waals surface area (Å²) in [5.74, 6) is 1.28. The van der Waals surface area contributed by atoms with Gasteiger partial charge in [-0.05, 0) is 12.1 Å².